The van der Waals surface area contributed by atoms with Gasteiger partial charge in [-0.25, -0.2) is 4.39 Å². The summed E-state index contributed by atoms with van der Waals surface area (Å²) in [5, 5.41) is 11.6. The van der Waals surface area contributed by atoms with Gasteiger partial charge in [0.1, 0.15) is 18.2 Å². The maximum Gasteiger partial charge on any atom is 0.173 e. The highest BCUT2D eigenvalue weighted by atomic mass is 79.9. The quantitative estimate of drug-likeness (QED) is 0.389. The minimum atomic E-state index is -0.485. The standard InChI is InChI=1S/C14H12BrFN2O2/c15-10-3-1-2-9(6-10)8-20-13-5-4-11(16)7-12(13)14(17)18-19/h1-7,19H,8H2,(H2,17,18). The van der Waals surface area contributed by atoms with Crippen molar-refractivity contribution >= 4 is 21.8 Å². The van der Waals surface area contributed by atoms with E-state index in [-0.39, 0.29) is 18.0 Å². The van der Waals surface area contributed by atoms with Gasteiger partial charge < -0.3 is 15.7 Å². The van der Waals surface area contributed by atoms with E-state index >= 15 is 0 Å². The van der Waals surface area contributed by atoms with Gasteiger partial charge in [0.05, 0.1) is 5.56 Å². The highest BCUT2D eigenvalue weighted by molar-refractivity contribution is 9.10. The van der Waals surface area contributed by atoms with Crippen LogP contribution < -0.4 is 10.5 Å². The van der Waals surface area contributed by atoms with E-state index in [1.165, 1.54) is 12.1 Å². The number of amidine groups is 1. The van der Waals surface area contributed by atoms with Gasteiger partial charge in [-0.2, -0.15) is 0 Å². The molecular weight excluding hydrogens is 327 g/mol. The van der Waals surface area contributed by atoms with Gasteiger partial charge in [-0.1, -0.05) is 33.2 Å². The van der Waals surface area contributed by atoms with Crippen LogP contribution in [-0.2, 0) is 6.61 Å². The van der Waals surface area contributed by atoms with Gasteiger partial charge in [-0.15, -0.1) is 0 Å². The fourth-order valence-corrected chi connectivity index (χ4v) is 2.12. The first kappa shape index (κ1) is 14.3. The molecule has 0 heterocycles. The lowest BCUT2D eigenvalue weighted by atomic mass is 10.1. The molecule has 0 aliphatic heterocycles. The van der Waals surface area contributed by atoms with E-state index in [0.717, 1.165) is 16.1 Å². The maximum absolute atomic E-state index is 13.2. The van der Waals surface area contributed by atoms with Crippen molar-refractivity contribution in [2.24, 2.45) is 10.9 Å². The number of oxime groups is 1. The monoisotopic (exact) mass is 338 g/mol. The van der Waals surface area contributed by atoms with Crippen molar-refractivity contribution in [2.75, 3.05) is 0 Å². The van der Waals surface area contributed by atoms with E-state index < -0.39 is 5.82 Å². The van der Waals surface area contributed by atoms with E-state index in [1.807, 2.05) is 24.3 Å². The van der Waals surface area contributed by atoms with Crippen molar-refractivity contribution in [1.29, 1.82) is 0 Å². The summed E-state index contributed by atoms with van der Waals surface area (Å²) in [6.07, 6.45) is 0. The van der Waals surface area contributed by atoms with Crippen LogP contribution in [0.5, 0.6) is 5.75 Å². The number of hydrogen-bond donors (Lipinski definition) is 2. The van der Waals surface area contributed by atoms with Crippen molar-refractivity contribution in [3.8, 4) is 5.75 Å². The molecule has 20 heavy (non-hydrogen) atoms. The fraction of sp³-hybridized carbons (Fsp3) is 0.0714. The van der Waals surface area contributed by atoms with Crippen LogP contribution in [0.25, 0.3) is 0 Å². The number of nitrogens with two attached hydrogens (primary N) is 1. The van der Waals surface area contributed by atoms with Crippen LogP contribution in [0.3, 0.4) is 0 Å². The molecule has 0 amide bonds. The van der Waals surface area contributed by atoms with Crippen LogP contribution in [0.2, 0.25) is 0 Å². The average Bonchev–Trinajstić information content (AvgIpc) is 2.45. The number of rotatable bonds is 4. The molecule has 0 spiro atoms. The molecule has 0 atom stereocenters. The first-order chi connectivity index (χ1) is 9.60. The van der Waals surface area contributed by atoms with Gasteiger partial charge in [0, 0.05) is 4.47 Å². The number of halogens is 2. The summed E-state index contributed by atoms with van der Waals surface area (Å²) < 4.78 is 19.7. The predicted molar refractivity (Wildman–Crippen MR) is 77.4 cm³/mol. The second kappa shape index (κ2) is 6.38. The minimum Gasteiger partial charge on any atom is -0.488 e. The second-order valence-electron chi connectivity index (χ2n) is 4.04. The van der Waals surface area contributed by atoms with Gasteiger partial charge >= 0.3 is 0 Å². The number of ether oxygens (including phenoxy) is 1. The highest BCUT2D eigenvalue weighted by Gasteiger charge is 2.10. The molecule has 2 aromatic carbocycles. The lowest BCUT2D eigenvalue weighted by molar-refractivity contribution is 0.302. The number of nitrogens with zero attached hydrogens (tertiary/aromatic N) is 1. The Labute approximate surface area is 123 Å². The van der Waals surface area contributed by atoms with Crippen molar-refractivity contribution in [2.45, 2.75) is 6.61 Å². The summed E-state index contributed by atoms with van der Waals surface area (Å²) >= 11 is 3.37. The average molecular weight is 339 g/mol. The third-order valence-corrected chi connectivity index (χ3v) is 3.10. The SMILES string of the molecule is N/C(=N/O)c1cc(F)ccc1OCc1cccc(Br)c1. The molecule has 0 radical (unpaired) electrons. The topological polar surface area (TPSA) is 67.8 Å². The Hall–Kier alpha value is -2.08. The lowest BCUT2D eigenvalue weighted by Gasteiger charge is -2.11. The van der Waals surface area contributed by atoms with Gasteiger partial charge in [-0.3, -0.25) is 0 Å². The Kier molecular flexibility index (Phi) is 4.57. The molecule has 2 aromatic rings. The molecule has 0 saturated carbocycles. The molecule has 3 N–H and O–H groups in total. The zero-order chi connectivity index (χ0) is 14.5. The van der Waals surface area contributed by atoms with Gasteiger partial charge in [-0.05, 0) is 35.9 Å². The van der Waals surface area contributed by atoms with Crippen LogP contribution in [0.1, 0.15) is 11.1 Å². The molecule has 0 fully saturated rings. The van der Waals surface area contributed by atoms with Crippen LogP contribution in [0.4, 0.5) is 4.39 Å². The second-order valence-corrected chi connectivity index (χ2v) is 4.96. The molecule has 0 aliphatic carbocycles. The van der Waals surface area contributed by atoms with Gasteiger partial charge in [0.2, 0.25) is 0 Å². The van der Waals surface area contributed by atoms with Crippen LogP contribution in [0.15, 0.2) is 52.1 Å². The summed E-state index contributed by atoms with van der Waals surface area (Å²) in [6, 6.07) is 11.5. The summed E-state index contributed by atoms with van der Waals surface area (Å²) in [5.41, 5.74) is 6.65. The fourth-order valence-electron chi connectivity index (χ4n) is 1.67. The van der Waals surface area contributed by atoms with E-state index in [9.17, 15) is 4.39 Å². The largest absolute Gasteiger partial charge is 0.488 e. The molecule has 4 nitrogen and oxygen atoms in total. The molecule has 0 aliphatic rings. The third kappa shape index (κ3) is 3.48. The highest BCUT2D eigenvalue weighted by Crippen LogP contribution is 2.21. The smallest absolute Gasteiger partial charge is 0.173 e. The van der Waals surface area contributed by atoms with Crippen molar-refractivity contribution in [3.63, 3.8) is 0 Å². The van der Waals surface area contributed by atoms with Crippen LogP contribution in [0, 0.1) is 5.82 Å². The lowest BCUT2D eigenvalue weighted by Crippen LogP contribution is -2.15. The normalized spacial score (nSPS) is 11.4. The zero-order valence-corrected chi connectivity index (χ0v) is 12.0. The molecule has 0 aromatic heterocycles. The van der Waals surface area contributed by atoms with Crippen molar-refractivity contribution in [3.05, 3.63) is 63.9 Å². The van der Waals surface area contributed by atoms with E-state index in [4.69, 9.17) is 15.7 Å². The van der Waals surface area contributed by atoms with Gasteiger partial charge in [0.15, 0.2) is 5.84 Å². The summed E-state index contributed by atoms with van der Waals surface area (Å²) in [7, 11) is 0. The Morgan fingerprint density at radius 2 is 2.10 bits per heavy atom. The Morgan fingerprint density at radius 1 is 1.30 bits per heavy atom. The summed E-state index contributed by atoms with van der Waals surface area (Å²) in [6.45, 7) is 0.288. The molecular formula is C14H12BrFN2O2. The van der Waals surface area contributed by atoms with Crippen LogP contribution in [-0.4, -0.2) is 11.0 Å². The van der Waals surface area contributed by atoms with E-state index in [1.54, 1.807) is 0 Å². The van der Waals surface area contributed by atoms with E-state index in [2.05, 4.69) is 21.1 Å². The van der Waals surface area contributed by atoms with E-state index in [0.29, 0.717) is 5.75 Å². The molecule has 0 unspecified atom stereocenters. The molecule has 104 valence electrons. The first-order valence-electron chi connectivity index (χ1n) is 5.75. The Balaban J connectivity index is 2.21. The van der Waals surface area contributed by atoms with Gasteiger partial charge in [0.25, 0.3) is 0 Å². The molecule has 0 saturated heterocycles. The van der Waals surface area contributed by atoms with Crippen molar-refractivity contribution in [1.82, 2.24) is 0 Å². The first-order valence-corrected chi connectivity index (χ1v) is 6.54. The Bertz CT molecular complexity index is 647. The third-order valence-electron chi connectivity index (χ3n) is 2.61. The predicted octanol–water partition coefficient (Wildman–Crippen LogP) is 3.26. The molecule has 2 rings (SSSR count). The summed E-state index contributed by atoms with van der Waals surface area (Å²) in [4.78, 5) is 0. The number of hydrogen-bond acceptors (Lipinski definition) is 3. The minimum absolute atomic E-state index is 0.200. The molecule has 0 bridgehead atoms. The number of benzene rings is 2. The van der Waals surface area contributed by atoms with Crippen LogP contribution >= 0.6 is 15.9 Å². The zero-order valence-electron chi connectivity index (χ0n) is 10.4. The summed E-state index contributed by atoms with van der Waals surface area (Å²) in [5.74, 6) is -0.336. The molecule has 6 heteroatoms. The Morgan fingerprint density at radius 3 is 2.80 bits per heavy atom. The van der Waals surface area contributed by atoms with Crippen molar-refractivity contribution < 1.29 is 14.3 Å². The maximum atomic E-state index is 13.2.